The van der Waals surface area contributed by atoms with Gasteiger partial charge in [0.15, 0.2) is 0 Å². The molecular formula is C39H39NO3. The van der Waals surface area contributed by atoms with Gasteiger partial charge in [-0.05, 0) is 46.4 Å². The van der Waals surface area contributed by atoms with Crippen molar-refractivity contribution in [3.05, 3.63) is 173 Å². The van der Waals surface area contributed by atoms with Crippen LogP contribution in [0.5, 0.6) is 5.75 Å². The summed E-state index contributed by atoms with van der Waals surface area (Å²) in [6, 6.07) is 49.7. The molecule has 0 bridgehead atoms. The first-order chi connectivity index (χ1) is 21.1. The van der Waals surface area contributed by atoms with Crippen LogP contribution in [-0.2, 0) is 22.5 Å². The average molecular weight is 570 g/mol. The van der Waals surface area contributed by atoms with E-state index in [9.17, 15) is 5.11 Å². The van der Waals surface area contributed by atoms with Crippen molar-refractivity contribution in [3.63, 3.8) is 0 Å². The summed E-state index contributed by atoms with van der Waals surface area (Å²) >= 11 is 0. The predicted molar refractivity (Wildman–Crippen MR) is 172 cm³/mol. The largest absolute Gasteiger partial charge is 0.497 e. The molecule has 1 aliphatic heterocycles. The van der Waals surface area contributed by atoms with Gasteiger partial charge in [-0.3, -0.25) is 4.90 Å². The molecule has 4 heteroatoms. The molecule has 6 rings (SSSR count). The van der Waals surface area contributed by atoms with Crippen LogP contribution >= 0.6 is 0 Å². The lowest BCUT2D eigenvalue weighted by Crippen LogP contribution is -2.52. The summed E-state index contributed by atoms with van der Waals surface area (Å²) in [6.45, 7) is 2.67. The lowest BCUT2D eigenvalue weighted by molar-refractivity contribution is -0.125. The van der Waals surface area contributed by atoms with Crippen LogP contribution in [-0.4, -0.2) is 36.8 Å². The van der Waals surface area contributed by atoms with Gasteiger partial charge in [0.05, 0.1) is 19.3 Å². The Morgan fingerprint density at radius 1 is 0.698 bits per heavy atom. The third-order valence-corrected chi connectivity index (χ3v) is 8.84. The fraction of sp³-hybridized carbons (Fsp3) is 0.231. The molecule has 1 heterocycles. The van der Waals surface area contributed by atoms with Gasteiger partial charge in [0.2, 0.25) is 0 Å². The van der Waals surface area contributed by atoms with Crippen LogP contribution in [0.2, 0.25) is 0 Å². The minimum Gasteiger partial charge on any atom is -0.497 e. The van der Waals surface area contributed by atoms with E-state index in [-0.39, 0.29) is 5.92 Å². The molecule has 1 aliphatic rings. The van der Waals surface area contributed by atoms with E-state index in [1.807, 2.05) is 42.5 Å². The van der Waals surface area contributed by atoms with Crippen molar-refractivity contribution >= 4 is 0 Å². The Hall–Kier alpha value is -4.22. The van der Waals surface area contributed by atoms with E-state index in [1.165, 1.54) is 5.56 Å². The fourth-order valence-corrected chi connectivity index (χ4v) is 6.52. The average Bonchev–Trinajstić information content (AvgIpc) is 3.08. The second-order valence-electron chi connectivity index (χ2n) is 11.4. The van der Waals surface area contributed by atoms with Crippen molar-refractivity contribution in [2.45, 2.75) is 24.2 Å². The maximum absolute atomic E-state index is 12.5. The van der Waals surface area contributed by atoms with Gasteiger partial charge in [0.25, 0.3) is 0 Å². The zero-order chi connectivity index (χ0) is 29.5. The minimum absolute atomic E-state index is 0.186. The van der Waals surface area contributed by atoms with Gasteiger partial charge in [-0.15, -0.1) is 0 Å². The van der Waals surface area contributed by atoms with Crippen LogP contribution < -0.4 is 4.74 Å². The number of nitrogens with zero attached hydrogens (tertiary/aromatic N) is 1. The van der Waals surface area contributed by atoms with E-state index in [0.29, 0.717) is 19.6 Å². The van der Waals surface area contributed by atoms with E-state index in [4.69, 9.17) is 9.47 Å². The predicted octanol–water partition coefficient (Wildman–Crippen LogP) is 7.41. The van der Waals surface area contributed by atoms with Crippen LogP contribution in [0.4, 0.5) is 0 Å². The number of methoxy groups -OCH3 is 1. The molecule has 43 heavy (non-hydrogen) atoms. The number of aliphatic hydroxyl groups is 1. The fourth-order valence-electron chi connectivity index (χ4n) is 6.52. The molecule has 0 aromatic heterocycles. The van der Waals surface area contributed by atoms with Crippen molar-refractivity contribution in [1.29, 1.82) is 0 Å². The summed E-state index contributed by atoms with van der Waals surface area (Å²) in [5.41, 5.74) is 3.41. The number of piperidine rings is 1. The number of benzene rings is 5. The van der Waals surface area contributed by atoms with Crippen LogP contribution in [0.15, 0.2) is 146 Å². The van der Waals surface area contributed by atoms with Crippen molar-refractivity contribution in [1.82, 2.24) is 4.90 Å². The van der Waals surface area contributed by atoms with E-state index in [1.54, 1.807) is 7.11 Å². The molecule has 2 unspecified atom stereocenters. The summed E-state index contributed by atoms with van der Waals surface area (Å²) in [4.78, 5) is 2.44. The van der Waals surface area contributed by atoms with Gasteiger partial charge in [0.1, 0.15) is 11.4 Å². The second kappa shape index (κ2) is 13.0. The third kappa shape index (κ3) is 6.00. The first kappa shape index (κ1) is 28.9. The molecule has 0 aliphatic carbocycles. The normalized spacial score (nSPS) is 19.2. The first-order valence-electron chi connectivity index (χ1n) is 15.1. The van der Waals surface area contributed by atoms with Gasteiger partial charge in [0, 0.05) is 25.6 Å². The Labute approximate surface area is 255 Å². The van der Waals surface area contributed by atoms with Crippen LogP contribution in [0, 0.1) is 5.92 Å². The molecule has 0 spiro atoms. The first-order valence-corrected chi connectivity index (χ1v) is 15.1. The molecule has 218 valence electrons. The quantitative estimate of drug-likeness (QED) is 0.178. The molecule has 1 saturated heterocycles. The topological polar surface area (TPSA) is 41.9 Å². The molecule has 0 radical (unpaired) electrons. The number of likely N-dealkylation sites (tertiary alicyclic amines) is 1. The van der Waals surface area contributed by atoms with Gasteiger partial charge >= 0.3 is 0 Å². The Morgan fingerprint density at radius 2 is 1.19 bits per heavy atom. The Balaban J connectivity index is 1.40. The molecule has 4 nitrogen and oxygen atoms in total. The maximum Gasteiger partial charge on any atom is 0.143 e. The number of ether oxygens (including phenoxy) is 2. The van der Waals surface area contributed by atoms with Gasteiger partial charge in [-0.1, -0.05) is 133 Å². The highest BCUT2D eigenvalue weighted by atomic mass is 16.5. The van der Waals surface area contributed by atoms with Gasteiger partial charge in [-0.25, -0.2) is 0 Å². The van der Waals surface area contributed by atoms with E-state index >= 15 is 0 Å². The minimum atomic E-state index is -1.06. The number of hydrogen-bond donors (Lipinski definition) is 1. The molecule has 1 N–H and O–H groups in total. The van der Waals surface area contributed by atoms with Gasteiger partial charge in [-0.2, -0.15) is 0 Å². The molecule has 0 saturated carbocycles. The molecule has 5 aromatic rings. The van der Waals surface area contributed by atoms with E-state index in [2.05, 4.69) is 108 Å². The zero-order valence-electron chi connectivity index (χ0n) is 24.7. The smallest absolute Gasteiger partial charge is 0.143 e. The Morgan fingerprint density at radius 3 is 1.67 bits per heavy atom. The second-order valence-corrected chi connectivity index (χ2v) is 11.4. The molecular weight excluding hydrogens is 530 g/mol. The molecule has 2 atom stereocenters. The summed E-state index contributed by atoms with van der Waals surface area (Å²) in [6.07, 6.45) is 0.606. The lowest BCUT2D eigenvalue weighted by Gasteiger charge is -2.46. The van der Waals surface area contributed by atoms with Crippen LogP contribution in [0.25, 0.3) is 0 Å². The highest BCUT2D eigenvalue weighted by Crippen LogP contribution is 2.44. The van der Waals surface area contributed by atoms with Crippen LogP contribution in [0.1, 0.15) is 34.2 Å². The lowest BCUT2D eigenvalue weighted by atomic mass is 9.75. The maximum atomic E-state index is 12.5. The monoisotopic (exact) mass is 569 g/mol. The number of hydrogen-bond acceptors (Lipinski definition) is 4. The Bertz CT molecular complexity index is 1460. The standard InChI is InChI=1S/C39H39NO3/c1-42-37-24-22-32(23-25-37)38(41)26-27-40(28-31-14-6-2-7-15-31)29-36(38)30-43-39(33-16-8-3-9-17-33,34-18-10-4-11-19-34)35-20-12-5-13-21-35/h2-25,36,41H,26-30H2,1H3. The number of rotatable bonds is 10. The molecule has 1 fully saturated rings. The summed E-state index contributed by atoms with van der Waals surface area (Å²) < 4.78 is 12.7. The highest BCUT2D eigenvalue weighted by molar-refractivity contribution is 5.47. The van der Waals surface area contributed by atoms with Crippen molar-refractivity contribution in [3.8, 4) is 5.75 Å². The molecule has 0 amide bonds. The van der Waals surface area contributed by atoms with Crippen molar-refractivity contribution in [2.24, 2.45) is 5.92 Å². The van der Waals surface area contributed by atoms with Crippen molar-refractivity contribution < 1.29 is 14.6 Å². The van der Waals surface area contributed by atoms with Crippen molar-refractivity contribution in [2.75, 3.05) is 26.8 Å². The summed E-state index contributed by atoms with van der Waals surface area (Å²) in [7, 11) is 1.67. The SMILES string of the molecule is COc1ccc(C2(O)CCN(Cc3ccccc3)CC2COC(c2ccccc2)(c2ccccc2)c2ccccc2)cc1. The summed E-state index contributed by atoms with van der Waals surface area (Å²) in [5, 5.41) is 12.5. The van der Waals surface area contributed by atoms with E-state index in [0.717, 1.165) is 41.1 Å². The Kier molecular flexibility index (Phi) is 8.71. The van der Waals surface area contributed by atoms with E-state index < -0.39 is 11.2 Å². The summed E-state index contributed by atoms with van der Waals surface area (Å²) in [5.74, 6) is 0.590. The zero-order valence-corrected chi connectivity index (χ0v) is 24.7. The molecule has 5 aromatic carbocycles. The highest BCUT2D eigenvalue weighted by Gasteiger charge is 2.46. The van der Waals surface area contributed by atoms with Gasteiger partial charge < -0.3 is 14.6 Å². The van der Waals surface area contributed by atoms with Crippen LogP contribution in [0.3, 0.4) is 0 Å². The third-order valence-electron chi connectivity index (χ3n) is 8.84.